The molecule has 0 aliphatic carbocycles. The van der Waals surface area contributed by atoms with Crippen LogP contribution in [0.25, 0.3) is 0 Å². The van der Waals surface area contributed by atoms with Crippen LogP contribution >= 0.6 is 23.8 Å². The molecule has 1 atom stereocenters. The molecule has 2 amide bonds. The molecule has 0 aromatic heterocycles. The minimum Gasteiger partial charge on any atom is -0.459 e. The van der Waals surface area contributed by atoms with Crippen molar-refractivity contribution in [3.05, 3.63) is 70.4 Å². The Morgan fingerprint density at radius 1 is 1.06 bits per heavy atom. The van der Waals surface area contributed by atoms with Crippen molar-refractivity contribution in [2.24, 2.45) is 0 Å². The van der Waals surface area contributed by atoms with Gasteiger partial charge in [0.2, 0.25) is 0 Å². The predicted molar refractivity (Wildman–Crippen MR) is 131 cm³/mol. The van der Waals surface area contributed by atoms with Crippen LogP contribution in [0.4, 0.5) is 16.2 Å². The summed E-state index contributed by atoms with van der Waals surface area (Å²) >= 11 is 11.3. The van der Waals surface area contributed by atoms with E-state index >= 15 is 0 Å². The molecule has 1 aliphatic rings. The van der Waals surface area contributed by atoms with Gasteiger partial charge >= 0.3 is 12.0 Å². The van der Waals surface area contributed by atoms with Crippen molar-refractivity contribution in [1.29, 1.82) is 0 Å². The third kappa shape index (κ3) is 5.57. The average molecular weight is 473 g/mol. The number of hydrogen-bond donors (Lipinski definition) is 3. The van der Waals surface area contributed by atoms with E-state index in [4.69, 9.17) is 28.6 Å². The molecule has 0 fully saturated rings. The minimum atomic E-state index is -0.457. The smallest absolute Gasteiger partial charge is 0.338 e. The maximum absolute atomic E-state index is 12.8. The summed E-state index contributed by atoms with van der Waals surface area (Å²) in [6, 6.07) is 13.2. The van der Waals surface area contributed by atoms with Gasteiger partial charge in [0.1, 0.15) is 0 Å². The molecule has 1 unspecified atom stereocenters. The number of nitrogens with zero attached hydrogens (tertiary/aromatic N) is 1. The van der Waals surface area contributed by atoms with Crippen molar-refractivity contribution >= 4 is 52.3 Å². The molecule has 32 heavy (non-hydrogen) atoms. The molecule has 7 nitrogen and oxygen atoms in total. The predicted octanol–water partition coefficient (Wildman–Crippen LogP) is 5.07. The molecule has 0 bridgehead atoms. The zero-order chi connectivity index (χ0) is 23.4. The fourth-order valence-electron chi connectivity index (χ4n) is 3.21. The molecule has 0 saturated carbocycles. The van der Waals surface area contributed by atoms with Crippen LogP contribution in [0, 0.1) is 0 Å². The van der Waals surface area contributed by atoms with Gasteiger partial charge in [-0.05, 0) is 75.0 Å². The van der Waals surface area contributed by atoms with Gasteiger partial charge in [0.25, 0.3) is 0 Å². The summed E-state index contributed by atoms with van der Waals surface area (Å²) in [6.07, 6.45) is -0.242. The van der Waals surface area contributed by atoms with Gasteiger partial charge in [0.05, 0.1) is 17.7 Å². The lowest BCUT2D eigenvalue weighted by atomic mass is 9.95. The van der Waals surface area contributed by atoms with Gasteiger partial charge < -0.3 is 25.6 Å². The second kappa shape index (κ2) is 10.0. The molecule has 0 spiro atoms. The first-order valence-electron chi connectivity index (χ1n) is 10.0. The molecule has 9 heteroatoms. The summed E-state index contributed by atoms with van der Waals surface area (Å²) in [6.45, 7) is 5.46. The fraction of sp³-hybridized carbons (Fsp3) is 0.261. The Balaban J connectivity index is 1.77. The highest BCUT2D eigenvalue weighted by atomic mass is 35.5. The van der Waals surface area contributed by atoms with Crippen molar-refractivity contribution < 1.29 is 14.3 Å². The topological polar surface area (TPSA) is 82.7 Å². The quantitative estimate of drug-likeness (QED) is 0.416. The van der Waals surface area contributed by atoms with E-state index in [1.807, 2.05) is 32.9 Å². The molecular formula is C23H25ClN4O3S. The van der Waals surface area contributed by atoms with E-state index < -0.39 is 12.0 Å². The van der Waals surface area contributed by atoms with Gasteiger partial charge in [0, 0.05) is 29.1 Å². The highest BCUT2D eigenvalue weighted by Crippen LogP contribution is 2.31. The second-order valence-electron chi connectivity index (χ2n) is 7.60. The number of hydrogen-bond acceptors (Lipinski definition) is 4. The van der Waals surface area contributed by atoms with E-state index in [1.165, 1.54) is 0 Å². The summed E-state index contributed by atoms with van der Waals surface area (Å²) in [5, 5.41) is 9.83. The molecule has 0 saturated heterocycles. The first-order valence-corrected chi connectivity index (χ1v) is 10.8. The van der Waals surface area contributed by atoms with Crippen molar-refractivity contribution in [2.45, 2.75) is 32.9 Å². The van der Waals surface area contributed by atoms with Crippen LogP contribution in [-0.4, -0.2) is 35.2 Å². The normalized spacial score (nSPS) is 16.0. The Bertz CT molecular complexity index is 1050. The number of benzene rings is 2. The lowest BCUT2D eigenvalue weighted by Crippen LogP contribution is -2.46. The number of carbonyl (C=O) groups excluding carboxylic acids is 2. The third-order valence-electron chi connectivity index (χ3n) is 4.92. The highest BCUT2D eigenvalue weighted by Gasteiger charge is 2.33. The first-order chi connectivity index (χ1) is 15.2. The Labute approximate surface area is 197 Å². The van der Waals surface area contributed by atoms with E-state index in [2.05, 4.69) is 16.0 Å². The van der Waals surface area contributed by atoms with Crippen LogP contribution in [0.1, 0.15) is 32.4 Å². The standard InChI is InChI=1S/C23H25ClN4O3S/c1-13(2)31-21(29)19-14(3)28(4)23(32)27-20(19)15-5-9-17(10-6-15)25-22(30)26-18-11-7-16(24)8-12-18/h5-13,20H,1-4H3,(H,27,32)(H2,25,26,30). The van der Waals surface area contributed by atoms with Gasteiger partial charge in [-0.25, -0.2) is 9.59 Å². The van der Waals surface area contributed by atoms with Gasteiger partial charge in [-0.2, -0.15) is 0 Å². The number of nitrogens with one attached hydrogen (secondary N) is 3. The van der Waals surface area contributed by atoms with Crippen molar-refractivity contribution in [3.63, 3.8) is 0 Å². The monoisotopic (exact) mass is 472 g/mol. The maximum atomic E-state index is 12.8. The van der Waals surface area contributed by atoms with E-state index in [9.17, 15) is 9.59 Å². The number of rotatable bonds is 5. The van der Waals surface area contributed by atoms with Crippen LogP contribution in [0.15, 0.2) is 59.8 Å². The summed E-state index contributed by atoms with van der Waals surface area (Å²) in [5.74, 6) is -0.395. The summed E-state index contributed by atoms with van der Waals surface area (Å²) in [5.41, 5.74) is 3.27. The van der Waals surface area contributed by atoms with Gasteiger partial charge in [0.15, 0.2) is 5.11 Å². The molecule has 1 aliphatic heterocycles. The maximum Gasteiger partial charge on any atom is 0.338 e. The molecule has 3 rings (SSSR count). The minimum absolute atomic E-state index is 0.242. The SMILES string of the molecule is CC1=C(C(=O)OC(C)C)C(c2ccc(NC(=O)Nc3ccc(Cl)cc3)cc2)NC(=S)N1C. The number of urea groups is 1. The van der Waals surface area contributed by atoms with Crippen LogP contribution in [0.5, 0.6) is 0 Å². The summed E-state index contributed by atoms with van der Waals surface area (Å²) in [4.78, 5) is 26.8. The van der Waals surface area contributed by atoms with Crippen LogP contribution < -0.4 is 16.0 Å². The molecule has 168 valence electrons. The summed E-state index contributed by atoms with van der Waals surface area (Å²) < 4.78 is 5.46. The molecule has 0 radical (unpaired) electrons. The number of amides is 2. The van der Waals surface area contributed by atoms with Crippen molar-refractivity contribution in [2.75, 3.05) is 17.7 Å². The number of carbonyl (C=O) groups is 2. The molecular weight excluding hydrogens is 448 g/mol. The van der Waals surface area contributed by atoms with Crippen molar-refractivity contribution in [3.8, 4) is 0 Å². The van der Waals surface area contributed by atoms with Crippen LogP contribution in [0.3, 0.4) is 0 Å². The Morgan fingerprint density at radius 2 is 1.59 bits per heavy atom. The number of halogens is 1. The molecule has 1 heterocycles. The molecule has 2 aromatic rings. The zero-order valence-corrected chi connectivity index (χ0v) is 19.8. The number of ether oxygens (including phenoxy) is 1. The Morgan fingerprint density at radius 3 is 2.12 bits per heavy atom. The largest absolute Gasteiger partial charge is 0.459 e. The lowest BCUT2D eigenvalue weighted by Gasteiger charge is -2.35. The highest BCUT2D eigenvalue weighted by molar-refractivity contribution is 7.80. The van der Waals surface area contributed by atoms with Crippen LogP contribution in [-0.2, 0) is 9.53 Å². The molecule has 3 N–H and O–H groups in total. The first kappa shape index (κ1) is 23.6. The van der Waals surface area contributed by atoms with Gasteiger partial charge in [-0.1, -0.05) is 23.7 Å². The fourth-order valence-corrected chi connectivity index (χ4v) is 3.59. The van der Waals surface area contributed by atoms with Crippen molar-refractivity contribution in [1.82, 2.24) is 10.2 Å². The number of thiocarbonyl (C=S) groups is 1. The van der Waals surface area contributed by atoms with Crippen LogP contribution in [0.2, 0.25) is 5.02 Å². The number of allylic oxidation sites excluding steroid dienone is 1. The Hall–Kier alpha value is -3.10. The third-order valence-corrected chi connectivity index (χ3v) is 5.56. The second-order valence-corrected chi connectivity index (χ2v) is 8.43. The average Bonchev–Trinajstić information content (AvgIpc) is 2.73. The molecule has 2 aromatic carbocycles. The lowest BCUT2D eigenvalue weighted by molar-refractivity contribution is -0.143. The van der Waals surface area contributed by atoms with Gasteiger partial charge in [-0.15, -0.1) is 0 Å². The Kier molecular flexibility index (Phi) is 7.37. The number of esters is 1. The summed E-state index contributed by atoms with van der Waals surface area (Å²) in [7, 11) is 1.80. The zero-order valence-electron chi connectivity index (χ0n) is 18.2. The van der Waals surface area contributed by atoms with E-state index in [1.54, 1.807) is 48.3 Å². The van der Waals surface area contributed by atoms with E-state index in [-0.39, 0.29) is 12.1 Å². The number of anilines is 2. The van der Waals surface area contributed by atoms with E-state index in [0.717, 1.165) is 11.3 Å². The van der Waals surface area contributed by atoms with E-state index in [0.29, 0.717) is 27.1 Å². The van der Waals surface area contributed by atoms with Gasteiger partial charge in [-0.3, -0.25) is 0 Å².